The molecule has 1 aliphatic heterocycles. The van der Waals surface area contributed by atoms with E-state index in [1.54, 1.807) is 11.3 Å². The van der Waals surface area contributed by atoms with Gasteiger partial charge in [0.15, 0.2) is 5.13 Å². The van der Waals surface area contributed by atoms with Crippen molar-refractivity contribution in [3.8, 4) is 0 Å². The Bertz CT molecular complexity index is 974. The number of para-hydroxylation sites is 1. The van der Waals surface area contributed by atoms with Gasteiger partial charge in [0.25, 0.3) is 5.91 Å². The number of hydrogen-bond donors (Lipinski definition) is 0. The van der Waals surface area contributed by atoms with Crippen LogP contribution in [0.1, 0.15) is 15.9 Å². The third-order valence-electron chi connectivity index (χ3n) is 4.92. The summed E-state index contributed by atoms with van der Waals surface area (Å²) in [6, 6.07) is 13.7. The highest BCUT2D eigenvalue weighted by molar-refractivity contribution is 9.10. The number of thiazole rings is 1. The second-order valence-electron chi connectivity index (χ2n) is 6.84. The Morgan fingerprint density at radius 1 is 1.21 bits per heavy atom. The molecule has 1 fully saturated rings. The van der Waals surface area contributed by atoms with E-state index in [1.165, 1.54) is 0 Å². The predicted octanol–water partition coefficient (Wildman–Crippen LogP) is 4.77. The maximum Gasteiger partial charge on any atom is 0.260 e. The molecular formula is C21H23BrClN3O2S. The summed E-state index contributed by atoms with van der Waals surface area (Å²) in [5, 5.41) is 0.755. The van der Waals surface area contributed by atoms with Crippen LogP contribution in [0.2, 0.25) is 0 Å². The van der Waals surface area contributed by atoms with E-state index < -0.39 is 0 Å². The molecule has 1 aliphatic rings. The van der Waals surface area contributed by atoms with Crippen LogP contribution >= 0.6 is 39.7 Å². The van der Waals surface area contributed by atoms with Gasteiger partial charge in [-0.25, -0.2) is 4.98 Å². The lowest BCUT2D eigenvalue weighted by Crippen LogP contribution is -2.43. The lowest BCUT2D eigenvalue weighted by atomic mass is 10.2. The summed E-state index contributed by atoms with van der Waals surface area (Å²) in [7, 11) is 0. The van der Waals surface area contributed by atoms with Crippen LogP contribution in [0, 0.1) is 6.92 Å². The monoisotopic (exact) mass is 495 g/mol. The maximum atomic E-state index is 13.3. The van der Waals surface area contributed by atoms with Gasteiger partial charge in [-0.2, -0.15) is 0 Å². The number of rotatable bonds is 5. The van der Waals surface area contributed by atoms with E-state index in [2.05, 4.69) is 39.9 Å². The van der Waals surface area contributed by atoms with Gasteiger partial charge < -0.3 is 4.74 Å². The zero-order chi connectivity index (χ0) is 19.5. The molecule has 8 heteroatoms. The number of halogens is 2. The molecule has 5 nitrogen and oxygen atoms in total. The average molecular weight is 497 g/mol. The molecule has 0 spiro atoms. The fourth-order valence-electron chi connectivity index (χ4n) is 3.29. The second-order valence-corrected chi connectivity index (χ2v) is 8.76. The standard InChI is InChI=1S/C21H22BrN3O2S.ClH/c1-15-3-2-4-18-19(15)23-21(28-18)25(10-9-24-11-13-27-14-12-24)20(26)16-5-7-17(22)8-6-16;/h2-8H,9-14H2,1H3;1H. The molecule has 0 radical (unpaired) electrons. The van der Waals surface area contributed by atoms with E-state index in [1.807, 2.05) is 35.2 Å². The molecule has 1 amide bonds. The van der Waals surface area contributed by atoms with Crippen LogP contribution in [0.4, 0.5) is 5.13 Å². The molecule has 2 aromatic carbocycles. The summed E-state index contributed by atoms with van der Waals surface area (Å²) in [5.74, 6) is -0.0162. The molecular weight excluding hydrogens is 474 g/mol. The second kappa shape index (κ2) is 10.00. The largest absolute Gasteiger partial charge is 0.379 e. The fourth-order valence-corrected chi connectivity index (χ4v) is 4.62. The molecule has 29 heavy (non-hydrogen) atoms. The van der Waals surface area contributed by atoms with Crippen molar-refractivity contribution in [2.45, 2.75) is 6.92 Å². The average Bonchev–Trinajstić information content (AvgIpc) is 3.15. The zero-order valence-corrected chi connectivity index (χ0v) is 19.4. The SMILES string of the molecule is Cc1cccc2sc(N(CCN3CCOCC3)C(=O)c3ccc(Br)cc3)nc12.Cl. The molecule has 0 saturated carbocycles. The van der Waals surface area contributed by atoms with Crippen molar-refractivity contribution in [3.63, 3.8) is 0 Å². The van der Waals surface area contributed by atoms with Crippen molar-refractivity contribution < 1.29 is 9.53 Å². The summed E-state index contributed by atoms with van der Waals surface area (Å²) in [6.07, 6.45) is 0. The third kappa shape index (κ3) is 5.16. The molecule has 0 bridgehead atoms. The first-order valence-electron chi connectivity index (χ1n) is 9.35. The minimum atomic E-state index is -0.0162. The molecule has 0 N–H and O–H groups in total. The number of aromatic nitrogens is 1. The zero-order valence-electron chi connectivity index (χ0n) is 16.1. The summed E-state index contributed by atoms with van der Waals surface area (Å²) < 4.78 is 7.50. The van der Waals surface area contributed by atoms with Crippen LogP contribution in [0.5, 0.6) is 0 Å². The molecule has 0 atom stereocenters. The van der Waals surface area contributed by atoms with Crippen LogP contribution in [0.25, 0.3) is 10.2 Å². The Hall–Kier alpha value is -1.51. The highest BCUT2D eigenvalue weighted by Crippen LogP contribution is 2.31. The van der Waals surface area contributed by atoms with Crippen molar-refractivity contribution in [3.05, 3.63) is 58.1 Å². The van der Waals surface area contributed by atoms with E-state index in [9.17, 15) is 4.79 Å². The number of morpholine rings is 1. The first-order chi connectivity index (χ1) is 13.6. The minimum Gasteiger partial charge on any atom is -0.379 e. The highest BCUT2D eigenvalue weighted by Gasteiger charge is 2.23. The van der Waals surface area contributed by atoms with Crippen molar-refractivity contribution in [2.24, 2.45) is 0 Å². The van der Waals surface area contributed by atoms with Crippen LogP contribution in [-0.2, 0) is 4.74 Å². The number of anilines is 1. The number of ether oxygens (including phenoxy) is 1. The lowest BCUT2D eigenvalue weighted by molar-refractivity contribution is 0.0391. The highest BCUT2D eigenvalue weighted by atomic mass is 79.9. The van der Waals surface area contributed by atoms with Gasteiger partial charge >= 0.3 is 0 Å². The van der Waals surface area contributed by atoms with Gasteiger partial charge in [-0.15, -0.1) is 12.4 Å². The number of fused-ring (bicyclic) bond motifs is 1. The van der Waals surface area contributed by atoms with E-state index in [0.29, 0.717) is 12.1 Å². The summed E-state index contributed by atoms with van der Waals surface area (Å²) in [4.78, 5) is 22.3. The van der Waals surface area contributed by atoms with E-state index >= 15 is 0 Å². The third-order valence-corrected chi connectivity index (χ3v) is 6.49. The molecule has 2 heterocycles. The summed E-state index contributed by atoms with van der Waals surface area (Å²) in [5.41, 5.74) is 2.77. The van der Waals surface area contributed by atoms with Crippen LogP contribution in [-0.4, -0.2) is 55.2 Å². The summed E-state index contributed by atoms with van der Waals surface area (Å²) in [6.45, 7) is 6.77. The Morgan fingerprint density at radius 3 is 2.62 bits per heavy atom. The Kier molecular flexibility index (Phi) is 7.65. The molecule has 3 aromatic rings. The van der Waals surface area contributed by atoms with Gasteiger partial charge in [0, 0.05) is 36.2 Å². The molecule has 1 aromatic heterocycles. The van der Waals surface area contributed by atoms with Gasteiger partial charge in [0.05, 0.1) is 23.4 Å². The molecule has 1 saturated heterocycles. The van der Waals surface area contributed by atoms with Crippen molar-refractivity contribution in [1.82, 2.24) is 9.88 Å². The fraction of sp³-hybridized carbons (Fsp3) is 0.333. The van der Waals surface area contributed by atoms with Gasteiger partial charge in [-0.1, -0.05) is 39.4 Å². The lowest BCUT2D eigenvalue weighted by Gasteiger charge is -2.29. The van der Waals surface area contributed by atoms with Gasteiger partial charge in [0.2, 0.25) is 0 Å². The number of amides is 1. The van der Waals surface area contributed by atoms with Crippen molar-refractivity contribution in [1.29, 1.82) is 0 Å². The topological polar surface area (TPSA) is 45.7 Å². The number of hydrogen-bond acceptors (Lipinski definition) is 5. The first kappa shape index (κ1) is 22.2. The number of aryl methyl sites for hydroxylation is 1. The molecule has 0 aliphatic carbocycles. The molecule has 154 valence electrons. The van der Waals surface area contributed by atoms with E-state index in [0.717, 1.165) is 58.2 Å². The van der Waals surface area contributed by atoms with Gasteiger partial charge in [-0.05, 0) is 42.8 Å². The number of nitrogens with zero attached hydrogens (tertiary/aromatic N) is 3. The first-order valence-corrected chi connectivity index (χ1v) is 11.0. The Morgan fingerprint density at radius 2 is 1.93 bits per heavy atom. The molecule has 0 unspecified atom stereocenters. The van der Waals surface area contributed by atoms with Gasteiger partial charge in [-0.3, -0.25) is 14.6 Å². The van der Waals surface area contributed by atoms with Crippen molar-refractivity contribution >= 4 is 60.9 Å². The minimum absolute atomic E-state index is 0. The van der Waals surface area contributed by atoms with E-state index in [4.69, 9.17) is 9.72 Å². The maximum absolute atomic E-state index is 13.3. The van der Waals surface area contributed by atoms with E-state index in [-0.39, 0.29) is 18.3 Å². The smallest absolute Gasteiger partial charge is 0.260 e. The van der Waals surface area contributed by atoms with Crippen LogP contribution < -0.4 is 4.90 Å². The van der Waals surface area contributed by atoms with Crippen LogP contribution in [0.15, 0.2) is 46.9 Å². The predicted molar refractivity (Wildman–Crippen MR) is 125 cm³/mol. The quantitative estimate of drug-likeness (QED) is 0.510. The molecule has 4 rings (SSSR count). The van der Waals surface area contributed by atoms with Crippen LogP contribution in [0.3, 0.4) is 0 Å². The normalized spacial score (nSPS) is 14.6. The Labute approximate surface area is 189 Å². The summed E-state index contributed by atoms with van der Waals surface area (Å²) >= 11 is 5.01. The van der Waals surface area contributed by atoms with Crippen molar-refractivity contribution in [2.75, 3.05) is 44.3 Å². The number of benzene rings is 2. The Balaban J connectivity index is 0.00000240. The number of carbonyl (C=O) groups is 1. The number of carbonyl (C=O) groups excluding carboxylic acids is 1. The van der Waals surface area contributed by atoms with Gasteiger partial charge in [0.1, 0.15) is 0 Å².